The van der Waals surface area contributed by atoms with Crippen molar-refractivity contribution in [2.75, 3.05) is 19.6 Å². The summed E-state index contributed by atoms with van der Waals surface area (Å²) in [7, 11) is 0. The molecule has 4 N–H and O–H groups in total. The highest BCUT2D eigenvalue weighted by molar-refractivity contribution is 5.92. The van der Waals surface area contributed by atoms with Gasteiger partial charge in [0, 0.05) is 24.8 Å². The zero-order valence-corrected chi connectivity index (χ0v) is 12.1. The summed E-state index contributed by atoms with van der Waals surface area (Å²) >= 11 is 0. The van der Waals surface area contributed by atoms with E-state index in [1.807, 2.05) is 19.1 Å². The van der Waals surface area contributed by atoms with Gasteiger partial charge in [-0.05, 0) is 31.9 Å². The average Bonchev–Trinajstić information content (AvgIpc) is 2.49. The van der Waals surface area contributed by atoms with Gasteiger partial charge in [-0.1, -0.05) is 11.2 Å². The van der Waals surface area contributed by atoms with Crippen molar-refractivity contribution in [1.29, 1.82) is 0 Å². The van der Waals surface area contributed by atoms with Crippen LogP contribution >= 0.6 is 0 Å². The molecule has 2 rings (SSSR count). The molecule has 1 aliphatic heterocycles. The molecule has 2 heterocycles. The Hall–Kier alpha value is -2.15. The SMILES string of the molecule is Cc1cccc(C(=O)NC2CCN(CC(N)=NO)CC2)n1. The van der Waals surface area contributed by atoms with Crippen molar-refractivity contribution in [2.45, 2.75) is 25.8 Å². The second-order valence-corrected chi connectivity index (χ2v) is 5.28. The molecule has 0 spiro atoms. The number of aromatic nitrogens is 1. The first kappa shape index (κ1) is 15.2. The Morgan fingerprint density at radius 1 is 1.52 bits per heavy atom. The van der Waals surface area contributed by atoms with Crippen LogP contribution in [-0.2, 0) is 0 Å². The predicted molar refractivity (Wildman–Crippen MR) is 79.3 cm³/mol. The number of amidine groups is 1. The molecule has 1 aliphatic rings. The number of hydrogen-bond donors (Lipinski definition) is 3. The molecule has 1 aromatic heterocycles. The average molecular weight is 291 g/mol. The van der Waals surface area contributed by atoms with E-state index in [1.165, 1.54) is 0 Å². The fourth-order valence-corrected chi connectivity index (χ4v) is 2.42. The third kappa shape index (κ3) is 4.42. The molecule has 0 radical (unpaired) electrons. The quantitative estimate of drug-likeness (QED) is 0.321. The Labute approximate surface area is 123 Å². The van der Waals surface area contributed by atoms with Gasteiger partial charge in [0.05, 0.1) is 6.54 Å². The summed E-state index contributed by atoms with van der Waals surface area (Å²) in [5.41, 5.74) is 6.77. The summed E-state index contributed by atoms with van der Waals surface area (Å²) in [5, 5.41) is 14.5. The van der Waals surface area contributed by atoms with E-state index in [0.717, 1.165) is 31.6 Å². The van der Waals surface area contributed by atoms with E-state index in [0.29, 0.717) is 12.2 Å². The number of amides is 1. The lowest BCUT2D eigenvalue weighted by Crippen LogP contribution is -2.46. The van der Waals surface area contributed by atoms with Crippen molar-refractivity contribution >= 4 is 11.7 Å². The molecular weight excluding hydrogens is 270 g/mol. The van der Waals surface area contributed by atoms with Crippen molar-refractivity contribution in [3.05, 3.63) is 29.6 Å². The van der Waals surface area contributed by atoms with Gasteiger partial charge in [-0.25, -0.2) is 4.98 Å². The van der Waals surface area contributed by atoms with Gasteiger partial charge in [-0.3, -0.25) is 9.69 Å². The van der Waals surface area contributed by atoms with Crippen LogP contribution in [0.25, 0.3) is 0 Å². The number of oxime groups is 1. The van der Waals surface area contributed by atoms with Crippen LogP contribution in [0.2, 0.25) is 0 Å². The van der Waals surface area contributed by atoms with Crippen LogP contribution in [0.3, 0.4) is 0 Å². The minimum atomic E-state index is -0.131. The minimum Gasteiger partial charge on any atom is -0.409 e. The van der Waals surface area contributed by atoms with Crippen LogP contribution in [-0.4, -0.2) is 52.5 Å². The van der Waals surface area contributed by atoms with Crippen LogP contribution in [0.1, 0.15) is 29.0 Å². The molecule has 1 saturated heterocycles. The van der Waals surface area contributed by atoms with Crippen LogP contribution in [0.15, 0.2) is 23.4 Å². The molecule has 1 aromatic rings. The summed E-state index contributed by atoms with van der Waals surface area (Å²) in [6.07, 6.45) is 1.69. The maximum Gasteiger partial charge on any atom is 0.270 e. The third-order valence-corrected chi connectivity index (χ3v) is 3.56. The molecule has 0 atom stereocenters. The molecule has 1 fully saturated rings. The van der Waals surface area contributed by atoms with E-state index in [9.17, 15) is 4.79 Å². The van der Waals surface area contributed by atoms with E-state index in [-0.39, 0.29) is 17.8 Å². The molecular formula is C14H21N5O2. The summed E-state index contributed by atoms with van der Waals surface area (Å²) in [6, 6.07) is 5.55. The highest BCUT2D eigenvalue weighted by Gasteiger charge is 2.22. The molecule has 0 bridgehead atoms. The number of carbonyl (C=O) groups is 1. The van der Waals surface area contributed by atoms with Gasteiger partial charge in [0.2, 0.25) is 0 Å². The first-order chi connectivity index (χ1) is 10.1. The first-order valence-corrected chi connectivity index (χ1v) is 7.02. The van der Waals surface area contributed by atoms with Gasteiger partial charge in [-0.2, -0.15) is 0 Å². The molecule has 0 saturated carbocycles. The largest absolute Gasteiger partial charge is 0.409 e. The van der Waals surface area contributed by atoms with Crippen molar-refractivity contribution in [3.8, 4) is 0 Å². The number of nitrogens with zero attached hydrogens (tertiary/aromatic N) is 3. The second-order valence-electron chi connectivity index (χ2n) is 5.28. The van der Waals surface area contributed by atoms with E-state index in [2.05, 4.69) is 20.4 Å². The molecule has 21 heavy (non-hydrogen) atoms. The Balaban J connectivity index is 1.82. The predicted octanol–water partition coefficient (Wildman–Crippen LogP) is 0.331. The molecule has 7 heteroatoms. The van der Waals surface area contributed by atoms with E-state index >= 15 is 0 Å². The van der Waals surface area contributed by atoms with Gasteiger partial charge in [0.15, 0.2) is 5.84 Å². The number of nitrogens with two attached hydrogens (primary N) is 1. The standard InChI is InChI=1S/C14H21N5O2/c1-10-3-2-4-12(16-10)14(20)17-11-5-7-19(8-6-11)9-13(15)18-21/h2-4,11,21H,5-9H2,1H3,(H2,15,18)(H,17,20). The van der Waals surface area contributed by atoms with Crippen molar-refractivity contribution in [3.63, 3.8) is 0 Å². The number of hydrogen-bond acceptors (Lipinski definition) is 5. The van der Waals surface area contributed by atoms with Crippen LogP contribution in [0, 0.1) is 6.92 Å². The van der Waals surface area contributed by atoms with E-state index in [1.54, 1.807) is 6.07 Å². The Bertz CT molecular complexity index is 524. The summed E-state index contributed by atoms with van der Waals surface area (Å²) in [4.78, 5) is 18.4. The molecule has 0 aliphatic carbocycles. The zero-order chi connectivity index (χ0) is 15.2. The fraction of sp³-hybridized carbons (Fsp3) is 0.500. The fourth-order valence-electron chi connectivity index (χ4n) is 2.42. The number of nitrogens with one attached hydrogen (secondary N) is 1. The number of carbonyl (C=O) groups excluding carboxylic acids is 1. The van der Waals surface area contributed by atoms with Crippen LogP contribution < -0.4 is 11.1 Å². The third-order valence-electron chi connectivity index (χ3n) is 3.56. The van der Waals surface area contributed by atoms with E-state index < -0.39 is 0 Å². The second kappa shape index (κ2) is 7.03. The van der Waals surface area contributed by atoms with Crippen LogP contribution in [0.4, 0.5) is 0 Å². The zero-order valence-electron chi connectivity index (χ0n) is 12.1. The lowest BCUT2D eigenvalue weighted by Gasteiger charge is -2.31. The summed E-state index contributed by atoms with van der Waals surface area (Å²) < 4.78 is 0. The molecule has 114 valence electrons. The smallest absolute Gasteiger partial charge is 0.270 e. The normalized spacial score (nSPS) is 17.7. The first-order valence-electron chi connectivity index (χ1n) is 7.02. The van der Waals surface area contributed by atoms with Crippen molar-refractivity contribution in [2.24, 2.45) is 10.9 Å². The summed E-state index contributed by atoms with van der Waals surface area (Å²) in [5.74, 6) is 0.0787. The maximum absolute atomic E-state index is 12.1. The Morgan fingerprint density at radius 3 is 2.86 bits per heavy atom. The number of rotatable bonds is 4. The molecule has 1 amide bonds. The van der Waals surface area contributed by atoms with Gasteiger partial charge in [0.1, 0.15) is 5.69 Å². The van der Waals surface area contributed by atoms with Gasteiger partial charge in [-0.15, -0.1) is 0 Å². The molecule has 7 nitrogen and oxygen atoms in total. The molecule has 0 aromatic carbocycles. The van der Waals surface area contributed by atoms with Crippen molar-refractivity contribution in [1.82, 2.24) is 15.2 Å². The number of aryl methyl sites for hydroxylation is 1. The van der Waals surface area contributed by atoms with Gasteiger partial charge in [0.25, 0.3) is 5.91 Å². The lowest BCUT2D eigenvalue weighted by molar-refractivity contribution is 0.0909. The highest BCUT2D eigenvalue weighted by atomic mass is 16.4. The highest BCUT2D eigenvalue weighted by Crippen LogP contribution is 2.10. The minimum absolute atomic E-state index is 0.131. The topological polar surface area (TPSA) is 104 Å². The van der Waals surface area contributed by atoms with E-state index in [4.69, 9.17) is 10.9 Å². The number of pyridine rings is 1. The van der Waals surface area contributed by atoms with Gasteiger partial charge >= 0.3 is 0 Å². The lowest BCUT2D eigenvalue weighted by atomic mass is 10.0. The Morgan fingerprint density at radius 2 is 2.24 bits per heavy atom. The number of piperidine rings is 1. The van der Waals surface area contributed by atoms with Crippen LogP contribution in [0.5, 0.6) is 0 Å². The van der Waals surface area contributed by atoms with Gasteiger partial charge < -0.3 is 16.3 Å². The molecule has 0 unspecified atom stereocenters. The summed E-state index contributed by atoms with van der Waals surface area (Å²) in [6.45, 7) is 3.93. The number of likely N-dealkylation sites (tertiary alicyclic amines) is 1. The van der Waals surface area contributed by atoms with Crippen molar-refractivity contribution < 1.29 is 10.0 Å². The maximum atomic E-state index is 12.1. The Kier molecular flexibility index (Phi) is 5.10. The monoisotopic (exact) mass is 291 g/mol.